The second-order valence-electron chi connectivity index (χ2n) is 9.14. The number of ether oxygens (including phenoxy) is 2. The molecule has 0 aliphatic heterocycles. The van der Waals surface area contributed by atoms with Gasteiger partial charge < -0.3 is 24.8 Å². The Morgan fingerprint density at radius 1 is 1.03 bits per heavy atom. The molecular formula is C27H32Cl2N2O6. The standard InChI is InChI=1S/C27H32Cl2N2O6/c1-17(2)15-30(22(14-27(34)35)20-6-5-19(28)13-21(20)29)16-18-4-7-23(24(12-18)36-3)37-11-10-31-25(32)8-9-26(31)33/h4-9,12-13,17,22,32-33H,10-11,14-16H2,1-3H3,(H,34,35). The lowest BCUT2D eigenvalue weighted by Gasteiger charge is -2.33. The number of carbonyl (C=O) groups is 1. The normalized spacial score (nSPS) is 12.2. The van der Waals surface area contributed by atoms with Crippen LogP contribution in [-0.2, 0) is 17.9 Å². The summed E-state index contributed by atoms with van der Waals surface area (Å²) in [5, 5.41) is 30.2. The Labute approximate surface area is 226 Å². The van der Waals surface area contributed by atoms with Gasteiger partial charge in [0.25, 0.3) is 0 Å². The monoisotopic (exact) mass is 550 g/mol. The smallest absolute Gasteiger partial charge is 0.305 e. The summed E-state index contributed by atoms with van der Waals surface area (Å²) in [6.45, 7) is 5.69. The first-order chi connectivity index (χ1) is 17.6. The number of aliphatic carboxylic acids is 1. The van der Waals surface area contributed by atoms with Crippen molar-refractivity contribution in [3.8, 4) is 23.3 Å². The summed E-state index contributed by atoms with van der Waals surface area (Å²) in [7, 11) is 1.54. The van der Waals surface area contributed by atoms with E-state index >= 15 is 0 Å². The molecule has 1 unspecified atom stereocenters. The van der Waals surface area contributed by atoms with Crippen molar-refractivity contribution in [1.29, 1.82) is 0 Å². The van der Waals surface area contributed by atoms with Crippen molar-refractivity contribution in [3.05, 3.63) is 69.7 Å². The summed E-state index contributed by atoms with van der Waals surface area (Å²) < 4.78 is 12.7. The van der Waals surface area contributed by atoms with Crippen molar-refractivity contribution in [2.45, 2.75) is 39.4 Å². The Morgan fingerprint density at radius 2 is 1.73 bits per heavy atom. The molecule has 1 heterocycles. The van der Waals surface area contributed by atoms with Crippen LogP contribution in [0.2, 0.25) is 10.0 Å². The van der Waals surface area contributed by atoms with Crippen LogP contribution in [0.4, 0.5) is 0 Å². The molecule has 3 rings (SSSR count). The number of rotatable bonds is 13. The van der Waals surface area contributed by atoms with E-state index in [-0.39, 0.29) is 37.3 Å². The van der Waals surface area contributed by atoms with Gasteiger partial charge in [-0.25, -0.2) is 0 Å². The summed E-state index contributed by atoms with van der Waals surface area (Å²) >= 11 is 12.6. The van der Waals surface area contributed by atoms with Crippen molar-refractivity contribution in [1.82, 2.24) is 9.47 Å². The lowest BCUT2D eigenvalue weighted by Crippen LogP contribution is -2.33. The maximum atomic E-state index is 11.8. The molecule has 0 aliphatic rings. The van der Waals surface area contributed by atoms with Crippen LogP contribution in [0.3, 0.4) is 0 Å². The van der Waals surface area contributed by atoms with Gasteiger partial charge in [-0.3, -0.25) is 14.3 Å². The van der Waals surface area contributed by atoms with Gasteiger partial charge in [-0.05, 0) is 41.3 Å². The Balaban J connectivity index is 1.82. The highest BCUT2D eigenvalue weighted by Crippen LogP contribution is 2.35. The lowest BCUT2D eigenvalue weighted by molar-refractivity contribution is -0.138. The molecule has 0 aliphatic carbocycles. The Hall–Kier alpha value is -3.07. The van der Waals surface area contributed by atoms with Gasteiger partial charge in [0, 0.05) is 41.3 Å². The van der Waals surface area contributed by atoms with E-state index < -0.39 is 12.0 Å². The summed E-state index contributed by atoms with van der Waals surface area (Å²) in [4.78, 5) is 13.9. The molecule has 8 nitrogen and oxygen atoms in total. The number of aromatic hydroxyl groups is 2. The van der Waals surface area contributed by atoms with E-state index in [0.717, 1.165) is 5.56 Å². The van der Waals surface area contributed by atoms with Crippen LogP contribution in [0.5, 0.6) is 23.3 Å². The van der Waals surface area contributed by atoms with Crippen molar-refractivity contribution in [2.24, 2.45) is 5.92 Å². The number of nitrogens with zero attached hydrogens (tertiary/aromatic N) is 2. The van der Waals surface area contributed by atoms with Crippen molar-refractivity contribution in [2.75, 3.05) is 20.3 Å². The minimum absolute atomic E-state index is 0.0506. The van der Waals surface area contributed by atoms with Gasteiger partial charge >= 0.3 is 5.97 Å². The first kappa shape index (κ1) is 28.5. The van der Waals surface area contributed by atoms with Gasteiger partial charge in [0.15, 0.2) is 23.3 Å². The van der Waals surface area contributed by atoms with Gasteiger partial charge in [-0.2, -0.15) is 0 Å². The predicted octanol–water partition coefficient (Wildman–Crippen LogP) is 5.97. The molecule has 0 fully saturated rings. The molecule has 0 radical (unpaired) electrons. The van der Waals surface area contributed by atoms with Crippen LogP contribution >= 0.6 is 23.2 Å². The zero-order valence-corrected chi connectivity index (χ0v) is 22.5. The van der Waals surface area contributed by atoms with Crippen LogP contribution < -0.4 is 9.47 Å². The quantitative estimate of drug-likeness (QED) is 0.241. The predicted molar refractivity (Wildman–Crippen MR) is 143 cm³/mol. The van der Waals surface area contributed by atoms with Crippen LogP contribution in [0.25, 0.3) is 0 Å². The zero-order valence-electron chi connectivity index (χ0n) is 21.0. The van der Waals surface area contributed by atoms with E-state index in [9.17, 15) is 20.1 Å². The molecule has 1 atom stereocenters. The maximum absolute atomic E-state index is 11.8. The molecule has 10 heteroatoms. The molecule has 2 aromatic carbocycles. The number of carboxylic acids is 1. The average Bonchev–Trinajstić information content (AvgIpc) is 3.15. The fourth-order valence-corrected chi connectivity index (χ4v) is 4.76. The first-order valence-corrected chi connectivity index (χ1v) is 12.6. The third-order valence-corrected chi connectivity index (χ3v) is 6.41. The van der Waals surface area contributed by atoms with Crippen molar-refractivity contribution >= 4 is 29.2 Å². The van der Waals surface area contributed by atoms with Gasteiger partial charge in [0.2, 0.25) is 0 Å². The summed E-state index contributed by atoms with van der Waals surface area (Å²) in [6.07, 6.45) is -0.120. The van der Waals surface area contributed by atoms with Gasteiger partial charge in [0.1, 0.15) is 6.61 Å². The number of methoxy groups -OCH3 is 1. The Kier molecular flexibility index (Phi) is 9.97. The molecule has 0 saturated heterocycles. The molecule has 37 heavy (non-hydrogen) atoms. The number of aromatic nitrogens is 1. The highest BCUT2D eigenvalue weighted by Gasteiger charge is 2.26. The van der Waals surface area contributed by atoms with E-state index in [2.05, 4.69) is 18.7 Å². The molecule has 0 amide bonds. The van der Waals surface area contributed by atoms with E-state index in [1.165, 1.54) is 16.7 Å². The summed E-state index contributed by atoms with van der Waals surface area (Å²) in [5.74, 6) is 0.271. The summed E-state index contributed by atoms with van der Waals surface area (Å²) in [5.41, 5.74) is 1.61. The lowest BCUT2D eigenvalue weighted by atomic mass is 9.99. The molecule has 0 bridgehead atoms. The van der Waals surface area contributed by atoms with E-state index in [1.807, 2.05) is 12.1 Å². The molecule has 0 saturated carbocycles. The van der Waals surface area contributed by atoms with Crippen molar-refractivity contribution < 1.29 is 29.6 Å². The van der Waals surface area contributed by atoms with Crippen molar-refractivity contribution in [3.63, 3.8) is 0 Å². The molecule has 3 N–H and O–H groups in total. The van der Waals surface area contributed by atoms with Crippen LogP contribution in [0.1, 0.15) is 37.4 Å². The van der Waals surface area contributed by atoms with E-state index in [0.29, 0.717) is 40.2 Å². The second-order valence-corrected chi connectivity index (χ2v) is 9.98. The van der Waals surface area contributed by atoms with Crippen LogP contribution in [-0.4, -0.2) is 51.0 Å². The van der Waals surface area contributed by atoms with E-state index in [4.69, 9.17) is 32.7 Å². The Bertz CT molecular complexity index is 1190. The number of benzene rings is 2. The number of hydrogen-bond donors (Lipinski definition) is 3. The highest BCUT2D eigenvalue weighted by molar-refractivity contribution is 6.35. The molecule has 1 aromatic heterocycles. The zero-order chi connectivity index (χ0) is 27.1. The molecular weight excluding hydrogens is 519 g/mol. The minimum atomic E-state index is -0.925. The van der Waals surface area contributed by atoms with Crippen LogP contribution in [0.15, 0.2) is 48.5 Å². The van der Waals surface area contributed by atoms with Gasteiger partial charge in [-0.15, -0.1) is 0 Å². The Morgan fingerprint density at radius 3 is 2.32 bits per heavy atom. The van der Waals surface area contributed by atoms with Crippen LogP contribution in [0, 0.1) is 5.92 Å². The summed E-state index contributed by atoms with van der Waals surface area (Å²) in [6, 6.07) is 13.0. The van der Waals surface area contributed by atoms with E-state index in [1.54, 1.807) is 31.4 Å². The fraction of sp³-hybridized carbons (Fsp3) is 0.370. The molecule has 3 aromatic rings. The fourth-order valence-electron chi connectivity index (χ4n) is 4.23. The molecule has 200 valence electrons. The average molecular weight is 551 g/mol. The number of halogens is 2. The third-order valence-electron chi connectivity index (χ3n) is 5.85. The number of hydrogen-bond acceptors (Lipinski definition) is 6. The van der Waals surface area contributed by atoms with Gasteiger partial charge in [0.05, 0.1) is 20.1 Å². The first-order valence-electron chi connectivity index (χ1n) is 11.9. The second kappa shape index (κ2) is 12.9. The largest absolute Gasteiger partial charge is 0.494 e. The third kappa shape index (κ3) is 7.71. The maximum Gasteiger partial charge on any atom is 0.305 e. The van der Waals surface area contributed by atoms with Gasteiger partial charge in [-0.1, -0.05) is 49.2 Å². The number of carboxylic acid groups (broad SMARTS) is 1. The SMILES string of the molecule is COc1cc(CN(CC(C)C)C(CC(=O)O)c2ccc(Cl)cc2Cl)ccc1OCCn1c(O)ccc1O. The topological polar surface area (TPSA) is 104 Å². The minimum Gasteiger partial charge on any atom is -0.494 e. The highest BCUT2D eigenvalue weighted by atomic mass is 35.5. The molecule has 0 spiro atoms.